The van der Waals surface area contributed by atoms with Crippen LogP contribution in [0.5, 0.6) is 0 Å². The van der Waals surface area contributed by atoms with Crippen LogP contribution in [-0.4, -0.2) is 44.5 Å². The number of hydrogen-bond donors (Lipinski definition) is 2. The fourth-order valence-electron chi connectivity index (χ4n) is 2.18. The van der Waals surface area contributed by atoms with E-state index in [1.807, 2.05) is 0 Å². The van der Waals surface area contributed by atoms with Crippen molar-refractivity contribution in [2.24, 2.45) is 0 Å². The normalized spacial score (nSPS) is 23.8. The Morgan fingerprint density at radius 3 is 2.33 bits per heavy atom. The summed E-state index contributed by atoms with van der Waals surface area (Å²) in [7, 11) is -2.77. The Bertz CT molecular complexity index is 376. The van der Waals surface area contributed by atoms with Gasteiger partial charge in [0.05, 0.1) is 11.5 Å². The Kier molecular flexibility index (Phi) is 4.61. The van der Waals surface area contributed by atoms with E-state index in [2.05, 4.69) is 10.6 Å². The molecule has 0 atom stereocenters. The Morgan fingerprint density at radius 1 is 1.06 bits per heavy atom. The first-order chi connectivity index (χ1) is 8.55. The second-order valence-electron chi connectivity index (χ2n) is 5.33. The highest BCUT2D eigenvalue weighted by atomic mass is 32.2. The molecule has 0 aromatic carbocycles. The van der Waals surface area contributed by atoms with Crippen LogP contribution in [0.1, 0.15) is 38.5 Å². The van der Waals surface area contributed by atoms with Gasteiger partial charge in [-0.15, -0.1) is 0 Å². The number of carbonyl (C=O) groups excluding carboxylic acids is 1. The second-order valence-corrected chi connectivity index (χ2v) is 7.63. The molecule has 2 fully saturated rings. The van der Waals surface area contributed by atoms with Crippen LogP contribution in [0.15, 0.2) is 0 Å². The van der Waals surface area contributed by atoms with Crippen LogP contribution in [-0.2, 0) is 14.6 Å². The summed E-state index contributed by atoms with van der Waals surface area (Å²) in [5, 5.41) is 6.30. The number of nitrogens with one attached hydrogen (secondary N) is 2. The third-order valence-corrected chi connectivity index (χ3v) is 5.23. The SMILES string of the molecule is O=C(CCCNC1CCS(=O)(=O)CC1)NC1CC1. The zero-order valence-corrected chi connectivity index (χ0v) is 11.5. The van der Waals surface area contributed by atoms with Gasteiger partial charge < -0.3 is 10.6 Å². The summed E-state index contributed by atoms with van der Waals surface area (Å²) in [6.45, 7) is 0.794. The van der Waals surface area contributed by atoms with Crippen LogP contribution in [0.4, 0.5) is 0 Å². The molecule has 1 heterocycles. The maximum absolute atomic E-state index is 11.4. The van der Waals surface area contributed by atoms with Gasteiger partial charge in [0.1, 0.15) is 9.84 Å². The molecule has 0 aromatic rings. The smallest absolute Gasteiger partial charge is 0.220 e. The summed E-state index contributed by atoms with van der Waals surface area (Å²) < 4.78 is 22.5. The molecule has 18 heavy (non-hydrogen) atoms. The number of hydrogen-bond acceptors (Lipinski definition) is 4. The van der Waals surface area contributed by atoms with E-state index in [0.29, 0.717) is 42.9 Å². The van der Waals surface area contributed by atoms with Crippen LogP contribution >= 0.6 is 0 Å². The van der Waals surface area contributed by atoms with Crippen molar-refractivity contribution in [3.8, 4) is 0 Å². The Balaban J connectivity index is 1.51. The molecule has 2 N–H and O–H groups in total. The van der Waals surface area contributed by atoms with E-state index in [-0.39, 0.29) is 5.91 Å². The number of carbonyl (C=O) groups is 1. The molecule has 0 aromatic heterocycles. The molecule has 0 unspecified atom stereocenters. The highest BCUT2D eigenvalue weighted by molar-refractivity contribution is 7.91. The largest absolute Gasteiger partial charge is 0.353 e. The topological polar surface area (TPSA) is 75.3 Å². The molecule has 1 aliphatic carbocycles. The van der Waals surface area contributed by atoms with Crippen LogP contribution in [0.3, 0.4) is 0 Å². The van der Waals surface area contributed by atoms with E-state index in [4.69, 9.17) is 0 Å². The van der Waals surface area contributed by atoms with Crippen LogP contribution in [0.2, 0.25) is 0 Å². The monoisotopic (exact) mass is 274 g/mol. The van der Waals surface area contributed by atoms with E-state index in [1.54, 1.807) is 0 Å². The quantitative estimate of drug-likeness (QED) is 0.679. The second kappa shape index (κ2) is 6.02. The molecule has 1 aliphatic heterocycles. The van der Waals surface area contributed by atoms with Crippen molar-refractivity contribution in [1.82, 2.24) is 10.6 Å². The van der Waals surface area contributed by atoms with Crippen molar-refractivity contribution in [3.63, 3.8) is 0 Å². The predicted octanol–water partition coefficient (Wildman–Crippen LogP) is 0.212. The van der Waals surface area contributed by atoms with Crippen molar-refractivity contribution in [1.29, 1.82) is 0 Å². The first-order valence-corrected chi connectivity index (χ1v) is 8.60. The zero-order valence-electron chi connectivity index (χ0n) is 10.7. The van der Waals surface area contributed by atoms with Gasteiger partial charge in [-0.25, -0.2) is 8.42 Å². The molecule has 1 saturated heterocycles. The van der Waals surface area contributed by atoms with Gasteiger partial charge in [-0.1, -0.05) is 0 Å². The van der Waals surface area contributed by atoms with Crippen LogP contribution < -0.4 is 10.6 Å². The maximum Gasteiger partial charge on any atom is 0.220 e. The van der Waals surface area contributed by atoms with E-state index in [1.165, 1.54) is 0 Å². The molecule has 0 spiro atoms. The maximum atomic E-state index is 11.4. The fraction of sp³-hybridized carbons (Fsp3) is 0.917. The Morgan fingerprint density at radius 2 is 1.72 bits per heavy atom. The number of rotatable bonds is 6. The minimum absolute atomic E-state index is 0.144. The average Bonchev–Trinajstić information content (AvgIpc) is 3.10. The number of amides is 1. The average molecular weight is 274 g/mol. The van der Waals surface area contributed by atoms with Crippen LogP contribution in [0, 0.1) is 0 Å². The molecule has 2 rings (SSSR count). The van der Waals surface area contributed by atoms with Gasteiger partial charge in [0.25, 0.3) is 0 Å². The zero-order chi connectivity index (χ0) is 13.0. The summed E-state index contributed by atoms with van der Waals surface area (Å²) in [6, 6.07) is 0.744. The Labute approximate surface area is 109 Å². The molecule has 2 aliphatic rings. The standard InChI is InChI=1S/C12H22N2O3S/c15-12(14-11-3-4-11)2-1-7-13-10-5-8-18(16,17)9-6-10/h10-11,13H,1-9H2,(H,14,15). The molecule has 104 valence electrons. The lowest BCUT2D eigenvalue weighted by atomic mass is 10.1. The lowest BCUT2D eigenvalue weighted by molar-refractivity contribution is -0.121. The van der Waals surface area contributed by atoms with Crippen molar-refractivity contribution in [2.75, 3.05) is 18.1 Å². The van der Waals surface area contributed by atoms with Gasteiger partial charge >= 0.3 is 0 Å². The van der Waals surface area contributed by atoms with Crippen molar-refractivity contribution >= 4 is 15.7 Å². The van der Waals surface area contributed by atoms with Gasteiger partial charge in [-0.3, -0.25) is 4.79 Å². The Hall–Kier alpha value is -0.620. The summed E-state index contributed by atoms with van der Waals surface area (Å²) in [5.41, 5.74) is 0. The van der Waals surface area contributed by atoms with Gasteiger partial charge in [0.15, 0.2) is 0 Å². The minimum Gasteiger partial charge on any atom is -0.353 e. The van der Waals surface area contributed by atoms with Gasteiger partial charge in [0, 0.05) is 18.5 Å². The highest BCUT2D eigenvalue weighted by Gasteiger charge is 2.24. The van der Waals surface area contributed by atoms with Crippen LogP contribution in [0.25, 0.3) is 0 Å². The lowest BCUT2D eigenvalue weighted by Gasteiger charge is -2.23. The third kappa shape index (κ3) is 4.94. The molecular weight excluding hydrogens is 252 g/mol. The van der Waals surface area contributed by atoms with Gasteiger partial charge in [-0.05, 0) is 38.6 Å². The molecule has 5 nitrogen and oxygen atoms in total. The first-order valence-electron chi connectivity index (χ1n) is 6.78. The summed E-state index contributed by atoms with van der Waals surface area (Å²) in [5.74, 6) is 0.741. The summed E-state index contributed by atoms with van der Waals surface area (Å²) in [6.07, 6.45) is 5.05. The molecule has 6 heteroatoms. The van der Waals surface area contributed by atoms with E-state index < -0.39 is 9.84 Å². The van der Waals surface area contributed by atoms with Gasteiger partial charge in [-0.2, -0.15) is 0 Å². The van der Waals surface area contributed by atoms with Gasteiger partial charge in [0.2, 0.25) is 5.91 Å². The molecular formula is C12H22N2O3S. The molecule has 0 radical (unpaired) electrons. The van der Waals surface area contributed by atoms with Crippen molar-refractivity contribution < 1.29 is 13.2 Å². The van der Waals surface area contributed by atoms with E-state index in [9.17, 15) is 13.2 Å². The first kappa shape index (κ1) is 13.8. The summed E-state index contributed by atoms with van der Waals surface area (Å²) >= 11 is 0. The fourth-order valence-corrected chi connectivity index (χ4v) is 3.67. The van der Waals surface area contributed by atoms with E-state index in [0.717, 1.165) is 25.8 Å². The predicted molar refractivity (Wildman–Crippen MR) is 70.1 cm³/mol. The minimum atomic E-state index is -2.77. The number of sulfone groups is 1. The lowest BCUT2D eigenvalue weighted by Crippen LogP contribution is -2.38. The molecule has 1 saturated carbocycles. The summed E-state index contributed by atoms with van der Waals surface area (Å²) in [4.78, 5) is 11.4. The van der Waals surface area contributed by atoms with Crippen molar-refractivity contribution in [3.05, 3.63) is 0 Å². The molecule has 1 amide bonds. The van der Waals surface area contributed by atoms with E-state index >= 15 is 0 Å². The van der Waals surface area contributed by atoms with Crippen molar-refractivity contribution in [2.45, 2.75) is 50.6 Å². The highest BCUT2D eigenvalue weighted by Crippen LogP contribution is 2.18. The molecule has 0 bridgehead atoms. The third-order valence-electron chi connectivity index (χ3n) is 3.51.